The molecular weight excluding hydrogens is 207 g/mol. The van der Waals surface area contributed by atoms with Gasteiger partial charge in [0.1, 0.15) is 0 Å². The van der Waals surface area contributed by atoms with Gasteiger partial charge in [0.05, 0.1) is 11.8 Å². The summed E-state index contributed by atoms with van der Waals surface area (Å²) in [7, 11) is 0. The van der Waals surface area contributed by atoms with Gasteiger partial charge in [0.15, 0.2) is 5.82 Å². The number of carbonyl (C=O) groups is 1. The number of halogens is 1. The average Bonchev–Trinajstić information content (AvgIpc) is 2.65. The maximum absolute atomic E-state index is 13.3. The van der Waals surface area contributed by atoms with Gasteiger partial charge in [0, 0.05) is 12.2 Å². The zero-order valence-corrected chi connectivity index (χ0v) is 9.24. The number of carbonyl (C=O) groups excluding carboxylic acids is 1. The van der Waals surface area contributed by atoms with Crippen molar-refractivity contribution in [2.45, 2.75) is 32.2 Å². The molecule has 3 nitrogen and oxygen atoms in total. The van der Waals surface area contributed by atoms with Crippen molar-refractivity contribution >= 4 is 5.91 Å². The van der Waals surface area contributed by atoms with Gasteiger partial charge < -0.3 is 5.32 Å². The second-order valence-corrected chi connectivity index (χ2v) is 4.34. The predicted molar refractivity (Wildman–Crippen MR) is 58.5 cm³/mol. The molecule has 2 rings (SSSR count). The SMILES string of the molecule is CC1CCCC1NC(=O)c1ccncc1F. The Morgan fingerprint density at radius 3 is 3.00 bits per heavy atom. The number of hydrogen-bond acceptors (Lipinski definition) is 2. The molecule has 1 aromatic heterocycles. The van der Waals surface area contributed by atoms with Crippen LogP contribution in [0.15, 0.2) is 18.5 Å². The average molecular weight is 222 g/mol. The summed E-state index contributed by atoms with van der Waals surface area (Å²) in [6, 6.07) is 1.59. The molecule has 0 bridgehead atoms. The molecule has 1 N–H and O–H groups in total. The van der Waals surface area contributed by atoms with E-state index in [1.54, 1.807) is 0 Å². The molecule has 0 radical (unpaired) electrons. The van der Waals surface area contributed by atoms with Crippen molar-refractivity contribution in [1.82, 2.24) is 10.3 Å². The van der Waals surface area contributed by atoms with Gasteiger partial charge >= 0.3 is 0 Å². The Balaban J connectivity index is 2.06. The van der Waals surface area contributed by atoms with E-state index in [0.29, 0.717) is 5.92 Å². The molecule has 1 saturated carbocycles. The summed E-state index contributed by atoms with van der Waals surface area (Å²) in [6.45, 7) is 2.11. The Bertz CT molecular complexity index is 394. The Labute approximate surface area is 94.1 Å². The number of pyridine rings is 1. The highest BCUT2D eigenvalue weighted by molar-refractivity contribution is 5.94. The van der Waals surface area contributed by atoms with E-state index in [4.69, 9.17) is 0 Å². The minimum Gasteiger partial charge on any atom is -0.349 e. The molecule has 0 spiro atoms. The molecule has 16 heavy (non-hydrogen) atoms. The molecule has 0 aliphatic heterocycles. The van der Waals surface area contributed by atoms with E-state index in [0.717, 1.165) is 25.5 Å². The lowest BCUT2D eigenvalue weighted by Gasteiger charge is -2.17. The molecule has 1 amide bonds. The van der Waals surface area contributed by atoms with Gasteiger partial charge in [-0.2, -0.15) is 0 Å². The van der Waals surface area contributed by atoms with E-state index in [1.165, 1.54) is 12.3 Å². The number of nitrogens with zero attached hydrogens (tertiary/aromatic N) is 1. The molecule has 0 aromatic carbocycles. The van der Waals surface area contributed by atoms with Crippen molar-refractivity contribution in [3.8, 4) is 0 Å². The van der Waals surface area contributed by atoms with E-state index in [2.05, 4.69) is 17.2 Å². The fourth-order valence-electron chi connectivity index (χ4n) is 2.17. The molecule has 2 atom stereocenters. The Morgan fingerprint density at radius 2 is 2.38 bits per heavy atom. The fourth-order valence-corrected chi connectivity index (χ4v) is 2.17. The predicted octanol–water partition coefficient (Wildman–Crippen LogP) is 2.14. The zero-order valence-electron chi connectivity index (χ0n) is 9.24. The lowest BCUT2D eigenvalue weighted by atomic mass is 10.1. The van der Waals surface area contributed by atoms with Gasteiger partial charge in [-0.05, 0) is 24.8 Å². The molecule has 0 saturated heterocycles. The standard InChI is InChI=1S/C12H15FN2O/c1-8-3-2-4-11(8)15-12(16)9-5-6-14-7-10(9)13/h5-8,11H,2-4H2,1H3,(H,15,16). The van der Waals surface area contributed by atoms with E-state index < -0.39 is 5.82 Å². The normalized spacial score (nSPS) is 24.4. The van der Waals surface area contributed by atoms with Crippen LogP contribution in [0.1, 0.15) is 36.5 Å². The molecule has 1 aliphatic carbocycles. The highest BCUT2D eigenvalue weighted by atomic mass is 19.1. The molecule has 2 unspecified atom stereocenters. The third-order valence-electron chi connectivity index (χ3n) is 3.20. The quantitative estimate of drug-likeness (QED) is 0.833. The number of amides is 1. The van der Waals surface area contributed by atoms with Gasteiger partial charge in [0.2, 0.25) is 0 Å². The first-order valence-electron chi connectivity index (χ1n) is 5.59. The molecule has 1 aliphatic rings. The smallest absolute Gasteiger partial charge is 0.254 e. The van der Waals surface area contributed by atoms with Crippen molar-refractivity contribution in [2.75, 3.05) is 0 Å². The molecule has 4 heteroatoms. The van der Waals surface area contributed by atoms with Crippen LogP contribution in [0.5, 0.6) is 0 Å². The van der Waals surface area contributed by atoms with Crippen molar-refractivity contribution < 1.29 is 9.18 Å². The van der Waals surface area contributed by atoms with E-state index in [-0.39, 0.29) is 17.5 Å². The summed E-state index contributed by atoms with van der Waals surface area (Å²) in [5.74, 6) is -0.418. The van der Waals surface area contributed by atoms with Crippen LogP contribution in [0.2, 0.25) is 0 Å². The minimum absolute atomic E-state index is 0.0779. The highest BCUT2D eigenvalue weighted by Gasteiger charge is 2.25. The monoisotopic (exact) mass is 222 g/mol. The van der Waals surface area contributed by atoms with Crippen LogP contribution in [-0.2, 0) is 0 Å². The van der Waals surface area contributed by atoms with E-state index >= 15 is 0 Å². The molecule has 1 heterocycles. The van der Waals surface area contributed by atoms with Crippen LogP contribution < -0.4 is 5.32 Å². The van der Waals surface area contributed by atoms with E-state index in [9.17, 15) is 9.18 Å². The summed E-state index contributed by atoms with van der Waals surface area (Å²) in [6.07, 6.45) is 5.73. The molecule has 1 aromatic rings. The first-order valence-corrected chi connectivity index (χ1v) is 5.59. The van der Waals surface area contributed by atoms with Gasteiger partial charge in [-0.15, -0.1) is 0 Å². The molecule has 1 fully saturated rings. The Kier molecular flexibility index (Phi) is 3.17. The van der Waals surface area contributed by atoms with Crippen LogP contribution >= 0.6 is 0 Å². The van der Waals surface area contributed by atoms with Crippen LogP contribution in [0.25, 0.3) is 0 Å². The van der Waals surface area contributed by atoms with Crippen LogP contribution in [-0.4, -0.2) is 16.9 Å². The fraction of sp³-hybridized carbons (Fsp3) is 0.500. The van der Waals surface area contributed by atoms with Gasteiger partial charge in [-0.25, -0.2) is 4.39 Å². The van der Waals surface area contributed by atoms with E-state index in [1.807, 2.05) is 0 Å². The largest absolute Gasteiger partial charge is 0.349 e. The minimum atomic E-state index is -0.564. The van der Waals surface area contributed by atoms with Gasteiger partial charge in [-0.3, -0.25) is 9.78 Å². The molecule has 86 valence electrons. The first-order chi connectivity index (χ1) is 7.68. The van der Waals surface area contributed by atoms with Crippen LogP contribution in [0.4, 0.5) is 4.39 Å². The topological polar surface area (TPSA) is 42.0 Å². The number of rotatable bonds is 2. The number of hydrogen-bond donors (Lipinski definition) is 1. The summed E-state index contributed by atoms with van der Waals surface area (Å²) in [5.41, 5.74) is 0.0779. The zero-order chi connectivity index (χ0) is 11.5. The summed E-state index contributed by atoms with van der Waals surface area (Å²) in [4.78, 5) is 15.4. The van der Waals surface area contributed by atoms with Crippen LogP contribution in [0, 0.1) is 11.7 Å². The second kappa shape index (κ2) is 4.60. The summed E-state index contributed by atoms with van der Waals surface area (Å²) < 4.78 is 13.3. The summed E-state index contributed by atoms with van der Waals surface area (Å²) in [5, 5.41) is 2.88. The van der Waals surface area contributed by atoms with Crippen molar-refractivity contribution in [3.63, 3.8) is 0 Å². The third-order valence-corrected chi connectivity index (χ3v) is 3.20. The van der Waals surface area contributed by atoms with Gasteiger partial charge in [-0.1, -0.05) is 13.3 Å². The number of aromatic nitrogens is 1. The van der Waals surface area contributed by atoms with Crippen molar-refractivity contribution in [3.05, 3.63) is 29.8 Å². The van der Waals surface area contributed by atoms with Crippen molar-refractivity contribution in [2.24, 2.45) is 5.92 Å². The maximum atomic E-state index is 13.3. The Morgan fingerprint density at radius 1 is 1.56 bits per heavy atom. The van der Waals surface area contributed by atoms with Crippen molar-refractivity contribution in [1.29, 1.82) is 0 Å². The Hall–Kier alpha value is -1.45. The summed E-state index contributed by atoms with van der Waals surface area (Å²) >= 11 is 0. The maximum Gasteiger partial charge on any atom is 0.254 e. The van der Waals surface area contributed by atoms with Crippen LogP contribution in [0.3, 0.4) is 0 Å². The molecular formula is C12H15FN2O. The second-order valence-electron chi connectivity index (χ2n) is 4.34. The lowest BCUT2D eigenvalue weighted by Crippen LogP contribution is -2.36. The van der Waals surface area contributed by atoms with Gasteiger partial charge in [0.25, 0.3) is 5.91 Å². The first kappa shape index (κ1) is 11.0. The highest BCUT2D eigenvalue weighted by Crippen LogP contribution is 2.25. The third kappa shape index (κ3) is 2.21. The lowest BCUT2D eigenvalue weighted by molar-refractivity contribution is 0.0925. The number of nitrogens with one attached hydrogen (secondary N) is 1.